The smallest absolute Gasteiger partial charge is 0.264 e. The zero-order chi connectivity index (χ0) is 20.6. The van der Waals surface area contributed by atoms with E-state index < -0.39 is 10.0 Å². The third kappa shape index (κ3) is 4.04. The van der Waals surface area contributed by atoms with Crippen molar-refractivity contribution in [2.75, 3.05) is 10.8 Å². The normalized spacial score (nSPS) is 23.2. The molecule has 1 amide bonds. The Kier molecular flexibility index (Phi) is 5.38. The van der Waals surface area contributed by atoms with E-state index in [1.807, 2.05) is 26.0 Å². The van der Waals surface area contributed by atoms with Gasteiger partial charge in [-0.05, 0) is 68.7 Å². The van der Waals surface area contributed by atoms with Gasteiger partial charge in [-0.1, -0.05) is 42.3 Å². The van der Waals surface area contributed by atoms with Crippen molar-refractivity contribution in [2.24, 2.45) is 11.8 Å². The molecule has 2 aromatic carbocycles. The van der Waals surface area contributed by atoms with E-state index in [1.54, 1.807) is 36.4 Å². The minimum atomic E-state index is -3.86. The van der Waals surface area contributed by atoms with E-state index in [1.165, 1.54) is 23.6 Å². The van der Waals surface area contributed by atoms with Gasteiger partial charge in [0.2, 0.25) is 5.91 Å². The summed E-state index contributed by atoms with van der Waals surface area (Å²) in [6.07, 6.45) is 4.63. The molecule has 4 rings (SSSR count). The predicted octanol–water partition coefficient (Wildman–Crippen LogP) is 3.80. The largest absolute Gasteiger partial charge is 0.352 e. The second-order valence-electron chi connectivity index (χ2n) is 8.46. The highest BCUT2D eigenvalue weighted by Crippen LogP contribution is 2.44. The summed E-state index contributed by atoms with van der Waals surface area (Å²) in [6, 6.07) is 14.1. The Balaban J connectivity index is 1.62. The van der Waals surface area contributed by atoms with Gasteiger partial charge in [0.15, 0.2) is 0 Å². The fourth-order valence-corrected chi connectivity index (χ4v) is 6.42. The monoisotopic (exact) mass is 412 g/mol. The summed E-state index contributed by atoms with van der Waals surface area (Å²) in [5, 5.41) is 3.12. The minimum absolute atomic E-state index is 0.182. The molecule has 1 N–H and O–H groups in total. The zero-order valence-corrected chi connectivity index (χ0v) is 17.8. The number of carbonyl (C=O) groups excluding carboxylic acids is 1. The van der Waals surface area contributed by atoms with Gasteiger partial charge in [-0.2, -0.15) is 0 Å². The van der Waals surface area contributed by atoms with Crippen LogP contribution in [0.15, 0.2) is 53.4 Å². The number of carbonyl (C=O) groups is 1. The average molecular weight is 413 g/mol. The lowest BCUT2D eigenvalue weighted by atomic mass is 9.95. The van der Waals surface area contributed by atoms with Crippen molar-refractivity contribution in [3.8, 4) is 0 Å². The number of fused-ring (bicyclic) bond motifs is 2. The Bertz CT molecular complexity index is 1000. The Morgan fingerprint density at radius 3 is 2.45 bits per heavy atom. The van der Waals surface area contributed by atoms with Crippen LogP contribution < -0.4 is 9.62 Å². The SMILES string of the molecule is Cc1ccc(N(CC(=O)N[C@@H]2C[C@@H]3CC[C@@H]2C3)S(=O)(=O)c2ccccc2)c(C)c1. The second kappa shape index (κ2) is 7.82. The van der Waals surface area contributed by atoms with Gasteiger partial charge in [0.05, 0.1) is 10.6 Å². The van der Waals surface area contributed by atoms with Gasteiger partial charge in [-0.25, -0.2) is 8.42 Å². The van der Waals surface area contributed by atoms with Crippen LogP contribution in [0.25, 0.3) is 0 Å². The standard InChI is InChI=1S/C23H28N2O3S/c1-16-8-11-22(17(2)12-16)25(29(27,28)20-6-4-3-5-7-20)15-23(26)24-21-14-18-9-10-19(21)13-18/h3-8,11-12,18-19,21H,9-10,13-15H2,1-2H3,(H,24,26)/t18-,19-,21-/m1/s1. The molecule has 0 aromatic heterocycles. The van der Waals surface area contributed by atoms with Crippen molar-refractivity contribution in [2.45, 2.75) is 50.5 Å². The minimum Gasteiger partial charge on any atom is -0.352 e. The first kappa shape index (κ1) is 20.0. The summed E-state index contributed by atoms with van der Waals surface area (Å²) in [4.78, 5) is 13.1. The Morgan fingerprint density at radius 1 is 1.07 bits per heavy atom. The van der Waals surface area contributed by atoms with Crippen LogP contribution in [-0.4, -0.2) is 26.9 Å². The van der Waals surface area contributed by atoms with Crippen LogP contribution in [0.2, 0.25) is 0 Å². The first-order valence-electron chi connectivity index (χ1n) is 10.3. The lowest BCUT2D eigenvalue weighted by molar-refractivity contribution is -0.120. The summed E-state index contributed by atoms with van der Waals surface area (Å²) in [5.41, 5.74) is 2.43. The van der Waals surface area contributed by atoms with Gasteiger partial charge in [0, 0.05) is 6.04 Å². The number of nitrogens with zero attached hydrogens (tertiary/aromatic N) is 1. The van der Waals surface area contributed by atoms with E-state index in [0.29, 0.717) is 17.5 Å². The molecular weight excluding hydrogens is 384 g/mol. The van der Waals surface area contributed by atoms with E-state index in [2.05, 4.69) is 5.32 Å². The van der Waals surface area contributed by atoms with Crippen LogP contribution >= 0.6 is 0 Å². The van der Waals surface area contributed by atoms with Crippen molar-refractivity contribution in [3.05, 3.63) is 59.7 Å². The summed E-state index contributed by atoms with van der Waals surface area (Å²) in [7, 11) is -3.86. The van der Waals surface area contributed by atoms with Crippen molar-refractivity contribution in [1.82, 2.24) is 5.32 Å². The molecule has 5 nitrogen and oxygen atoms in total. The second-order valence-corrected chi connectivity index (χ2v) is 10.3. The van der Waals surface area contributed by atoms with Gasteiger partial charge in [0.25, 0.3) is 10.0 Å². The highest BCUT2D eigenvalue weighted by molar-refractivity contribution is 7.92. The van der Waals surface area contributed by atoms with Gasteiger partial charge < -0.3 is 5.32 Å². The Hall–Kier alpha value is -2.34. The highest BCUT2D eigenvalue weighted by Gasteiger charge is 2.40. The molecule has 0 heterocycles. The summed E-state index contributed by atoms with van der Waals surface area (Å²) >= 11 is 0. The molecule has 2 bridgehead atoms. The maximum Gasteiger partial charge on any atom is 0.264 e. The average Bonchev–Trinajstić information content (AvgIpc) is 3.30. The number of anilines is 1. The molecule has 0 spiro atoms. The van der Waals surface area contributed by atoms with Gasteiger partial charge in [-0.15, -0.1) is 0 Å². The molecular formula is C23H28N2O3S. The van der Waals surface area contributed by atoms with Crippen molar-refractivity contribution < 1.29 is 13.2 Å². The molecule has 154 valence electrons. The maximum atomic E-state index is 13.4. The van der Waals surface area contributed by atoms with E-state index in [4.69, 9.17) is 0 Å². The topological polar surface area (TPSA) is 66.5 Å². The molecule has 0 aliphatic heterocycles. The lowest BCUT2D eigenvalue weighted by Gasteiger charge is -2.28. The predicted molar refractivity (Wildman–Crippen MR) is 114 cm³/mol. The first-order chi connectivity index (χ1) is 13.8. The van der Waals surface area contributed by atoms with Crippen LogP contribution in [0, 0.1) is 25.7 Å². The van der Waals surface area contributed by atoms with Crippen molar-refractivity contribution in [1.29, 1.82) is 0 Å². The van der Waals surface area contributed by atoms with E-state index in [-0.39, 0.29) is 23.4 Å². The Labute approximate surface area is 173 Å². The van der Waals surface area contributed by atoms with Crippen molar-refractivity contribution >= 4 is 21.6 Å². The summed E-state index contributed by atoms with van der Waals surface area (Å²) in [5.74, 6) is 1.03. The third-order valence-corrected chi connectivity index (χ3v) is 8.10. The quantitative estimate of drug-likeness (QED) is 0.785. The molecule has 29 heavy (non-hydrogen) atoms. The van der Waals surface area contributed by atoms with Crippen LogP contribution in [0.5, 0.6) is 0 Å². The molecule has 6 heteroatoms. The van der Waals surface area contributed by atoms with E-state index in [0.717, 1.165) is 17.5 Å². The lowest BCUT2D eigenvalue weighted by Crippen LogP contribution is -2.46. The molecule has 2 saturated carbocycles. The molecule has 2 aliphatic carbocycles. The summed E-state index contributed by atoms with van der Waals surface area (Å²) < 4.78 is 28.1. The molecule has 2 fully saturated rings. The van der Waals surface area contributed by atoms with Gasteiger partial charge in [0.1, 0.15) is 6.54 Å². The van der Waals surface area contributed by atoms with Crippen LogP contribution in [0.3, 0.4) is 0 Å². The Morgan fingerprint density at radius 2 is 1.83 bits per heavy atom. The molecule has 2 aromatic rings. The number of benzene rings is 2. The highest BCUT2D eigenvalue weighted by atomic mass is 32.2. The zero-order valence-electron chi connectivity index (χ0n) is 17.0. The molecule has 0 radical (unpaired) electrons. The number of nitrogens with one attached hydrogen (secondary N) is 1. The first-order valence-corrected chi connectivity index (χ1v) is 11.7. The fourth-order valence-electron chi connectivity index (χ4n) is 4.91. The molecule has 2 aliphatic rings. The number of hydrogen-bond donors (Lipinski definition) is 1. The van der Waals surface area contributed by atoms with Gasteiger partial charge >= 0.3 is 0 Å². The molecule has 0 saturated heterocycles. The van der Waals surface area contributed by atoms with Crippen LogP contribution in [0.4, 0.5) is 5.69 Å². The van der Waals surface area contributed by atoms with Crippen LogP contribution in [0.1, 0.15) is 36.8 Å². The maximum absolute atomic E-state index is 13.4. The van der Waals surface area contributed by atoms with E-state index >= 15 is 0 Å². The number of aryl methyl sites for hydroxylation is 2. The van der Waals surface area contributed by atoms with Gasteiger partial charge in [-0.3, -0.25) is 9.10 Å². The number of rotatable bonds is 6. The number of amides is 1. The number of hydrogen-bond acceptors (Lipinski definition) is 3. The van der Waals surface area contributed by atoms with Crippen molar-refractivity contribution in [3.63, 3.8) is 0 Å². The van der Waals surface area contributed by atoms with E-state index in [9.17, 15) is 13.2 Å². The summed E-state index contributed by atoms with van der Waals surface area (Å²) in [6.45, 7) is 3.63. The fraction of sp³-hybridized carbons (Fsp3) is 0.435. The molecule has 0 unspecified atom stereocenters. The molecule has 3 atom stereocenters. The number of sulfonamides is 1. The van der Waals surface area contributed by atoms with Crippen LogP contribution in [-0.2, 0) is 14.8 Å². The third-order valence-electron chi connectivity index (χ3n) is 6.32.